The first-order chi connectivity index (χ1) is 6.81. The number of aromatic nitrogens is 1. The molecule has 2 rings (SSSR count). The SMILES string of the molecule is CN[C@@H](C)c1ccc2ccccc2n1. The van der Waals surface area contributed by atoms with E-state index in [0.717, 1.165) is 11.2 Å². The summed E-state index contributed by atoms with van der Waals surface area (Å²) in [5, 5.41) is 4.38. The third kappa shape index (κ3) is 1.61. The number of rotatable bonds is 2. The predicted octanol–water partition coefficient (Wildman–Crippen LogP) is 2.52. The van der Waals surface area contributed by atoms with Gasteiger partial charge in [-0.1, -0.05) is 24.3 Å². The lowest BCUT2D eigenvalue weighted by atomic mass is 10.1. The molecule has 1 aromatic carbocycles. The van der Waals surface area contributed by atoms with E-state index in [1.807, 2.05) is 25.2 Å². The summed E-state index contributed by atoms with van der Waals surface area (Å²) in [6.07, 6.45) is 0. The number of nitrogens with one attached hydrogen (secondary N) is 1. The van der Waals surface area contributed by atoms with Crippen molar-refractivity contribution in [3.8, 4) is 0 Å². The van der Waals surface area contributed by atoms with Crippen LogP contribution in [0.3, 0.4) is 0 Å². The second-order valence-corrected chi connectivity index (χ2v) is 3.44. The van der Waals surface area contributed by atoms with E-state index in [1.165, 1.54) is 5.39 Å². The molecule has 0 radical (unpaired) electrons. The number of benzene rings is 1. The smallest absolute Gasteiger partial charge is 0.0706 e. The standard InChI is InChI=1S/C12H14N2/c1-9(13-2)11-8-7-10-5-3-4-6-12(10)14-11/h3-9,13H,1-2H3/t9-/m0/s1. The topological polar surface area (TPSA) is 24.9 Å². The zero-order valence-electron chi connectivity index (χ0n) is 8.49. The minimum absolute atomic E-state index is 0.305. The van der Waals surface area contributed by atoms with Crippen molar-refractivity contribution in [1.82, 2.24) is 10.3 Å². The number of nitrogens with zero attached hydrogens (tertiary/aromatic N) is 1. The maximum Gasteiger partial charge on any atom is 0.0706 e. The molecule has 1 heterocycles. The molecule has 0 spiro atoms. The Morgan fingerprint density at radius 1 is 1.14 bits per heavy atom. The Morgan fingerprint density at radius 2 is 1.93 bits per heavy atom. The van der Waals surface area contributed by atoms with Crippen LogP contribution >= 0.6 is 0 Å². The van der Waals surface area contributed by atoms with Crippen LogP contribution in [0.5, 0.6) is 0 Å². The van der Waals surface area contributed by atoms with Crippen molar-refractivity contribution >= 4 is 10.9 Å². The average molecular weight is 186 g/mol. The van der Waals surface area contributed by atoms with Gasteiger partial charge in [0.05, 0.1) is 11.2 Å². The molecule has 72 valence electrons. The number of hydrogen-bond acceptors (Lipinski definition) is 2. The zero-order chi connectivity index (χ0) is 9.97. The van der Waals surface area contributed by atoms with Gasteiger partial charge in [-0.25, -0.2) is 0 Å². The van der Waals surface area contributed by atoms with E-state index >= 15 is 0 Å². The third-order valence-corrected chi connectivity index (χ3v) is 2.50. The highest BCUT2D eigenvalue weighted by Crippen LogP contribution is 2.15. The summed E-state index contributed by atoms with van der Waals surface area (Å²) >= 11 is 0. The molecule has 0 amide bonds. The molecule has 0 aliphatic carbocycles. The average Bonchev–Trinajstić information content (AvgIpc) is 2.27. The maximum absolute atomic E-state index is 4.58. The second kappa shape index (κ2) is 3.76. The number of fused-ring (bicyclic) bond motifs is 1. The van der Waals surface area contributed by atoms with Gasteiger partial charge in [0, 0.05) is 11.4 Å². The molecule has 0 saturated heterocycles. The summed E-state index contributed by atoms with van der Waals surface area (Å²) < 4.78 is 0. The van der Waals surface area contributed by atoms with E-state index in [-0.39, 0.29) is 0 Å². The molecule has 0 fully saturated rings. The van der Waals surface area contributed by atoms with Gasteiger partial charge in [-0.05, 0) is 26.1 Å². The van der Waals surface area contributed by atoms with Crippen molar-refractivity contribution in [1.29, 1.82) is 0 Å². The lowest BCUT2D eigenvalue weighted by Crippen LogP contribution is -2.13. The van der Waals surface area contributed by atoms with Crippen LogP contribution in [0, 0.1) is 0 Å². The number of hydrogen-bond donors (Lipinski definition) is 1. The first-order valence-corrected chi connectivity index (χ1v) is 4.84. The van der Waals surface area contributed by atoms with E-state index in [1.54, 1.807) is 0 Å². The van der Waals surface area contributed by atoms with Gasteiger partial charge in [0.2, 0.25) is 0 Å². The molecule has 2 heteroatoms. The molecule has 0 bridgehead atoms. The van der Waals surface area contributed by atoms with E-state index in [4.69, 9.17) is 0 Å². The predicted molar refractivity (Wildman–Crippen MR) is 59.2 cm³/mol. The van der Waals surface area contributed by atoms with Gasteiger partial charge in [0.15, 0.2) is 0 Å². The van der Waals surface area contributed by atoms with E-state index in [0.29, 0.717) is 6.04 Å². The molecule has 0 unspecified atom stereocenters. The Bertz CT molecular complexity index is 437. The van der Waals surface area contributed by atoms with Crippen LogP contribution in [-0.4, -0.2) is 12.0 Å². The lowest BCUT2D eigenvalue weighted by molar-refractivity contribution is 0.635. The number of pyridine rings is 1. The first kappa shape index (κ1) is 9.16. The minimum atomic E-state index is 0.305. The largest absolute Gasteiger partial charge is 0.312 e. The zero-order valence-corrected chi connectivity index (χ0v) is 8.49. The normalized spacial score (nSPS) is 13.0. The minimum Gasteiger partial charge on any atom is -0.312 e. The highest BCUT2D eigenvalue weighted by Gasteiger charge is 2.03. The van der Waals surface area contributed by atoms with Gasteiger partial charge in [0.25, 0.3) is 0 Å². The molecule has 1 aromatic heterocycles. The fourth-order valence-corrected chi connectivity index (χ4v) is 1.47. The first-order valence-electron chi connectivity index (χ1n) is 4.84. The summed E-state index contributed by atoms with van der Waals surface area (Å²) in [4.78, 5) is 4.58. The van der Waals surface area contributed by atoms with E-state index in [2.05, 4.69) is 35.4 Å². The van der Waals surface area contributed by atoms with Crippen LogP contribution in [0.4, 0.5) is 0 Å². The quantitative estimate of drug-likeness (QED) is 0.779. The van der Waals surface area contributed by atoms with Gasteiger partial charge in [-0.2, -0.15) is 0 Å². The van der Waals surface area contributed by atoms with Gasteiger partial charge < -0.3 is 5.32 Å². The van der Waals surface area contributed by atoms with Crippen LogP contribution in [-0.2, 0) is 0 Å². The Hall–Kier alpha value is -1.41. The molecule has 14 heavy (non-hydrogen) atoms. The molecular weight excluding hydrogens is 172 g/mol. The lowest BCUT2D eigenvalue weighted by Gasteiger charge is -2.09. The molecular formula is C12H14N2. The molecule has 2 aromatic rings. The van der Waals surface area contributed by atoms with Crippen LogP contribution in [0.2, 0.25) is 0 Å². The molecule has 1 N–H and O–H groups in total. The Labute approximate surface area is 84.0 Å². The Kier molecular flexibility index (Phi) is 2.46. The van der Waals surface area contributed by atoms with Gasteiger partial charge in [-0.15, -0.1) is 0 Å². The summed E-state index contributed by atoms with van der Waals surface area (Å²) in [6, 6.07) is 12.7. The van der Waals surface area contributed by atoms with Crippen LogP contribution in [0.1, 0.15) is 18.7 Å². The van der Waals surface area contributed by atoms with Crippen molar-refractivity contribution in [2.24, 2.45) is 0 Å². The van der Waals surface area contributed by atoms with Crippen molar-refractivity contribution in [2.75, 3.05) is 7.05 Å². The van der Waals surface area contributed by atoms with E-state index in [9.17, 15) is 0 Å². The van der Waals surface area contributed by atoms with Gasteiger partial charge >= 0.3 is 0 Å². The Morgan fingerprint density at radius 3 is 2.71 bits per heavy atom. The maximum atomic E-state index is 4.58. The number of para-hydroxylation sites is 1. The van der Waals surface area contributed by atoms with Crippen molar-refractivity contribution < 1.29 is 0 Å². The van der Waals surface area contributed by atoms with Crippen LogP contribution in [0.25, 0.3) is 10.9 Å². The molecule has 0 saturated carbocycles. The molecule has 0 aliphatic rings. The second-order valence-electron chi connectivity index (χ2n) is 3.44. The van der Waals surface area contributed by atoms with Crippen LogP contribution < -0.4 is 5.32 Å². The molecule has 1 atom stereocenters. The summed E-state index contributed by atoms with van der Waals surface area (Å²) in [5.74, 6) is 0. The van der Waals surface area contributed by atoms with Crippen molar-refractivity contribution in [2.45, 2.75) is 13.0 Å². The summed E-state index contributed by atoms with van der Waals surface area (Å²) in [5.41, 5.74) is 2.15. The summed E-state index contributed by atoms with van der Waals surface area (Å²) in [6.45, 7) is 2.11. The molecule has 2 nitrogen and oxygen atoms in total. The highest BCUT2D eigenvalue weighted by atomic mass is 14.9. The fourth-order valence-electron chi connectivity index (χ4n) is 1.47. The highest BCUT2D eigenvalue weighted by molar-refractivity contribution is 5.78. The van der Waals surface area contributed by atoms with E-state index < -0.39 is 0 Å². The monoisotopic (exact) mass is 186 g/mol. The third-order valence-electron chi connectivity index (χ3n) is 2.50. The van der Waals surface area contributed by atoms with Crippen LogP contribution in [0.15, 0.2) is 36.4 Å². The Balaban J connectivity index is 2.51. The van der Waals surface area contributed by atoms with Crippen molar-refractivity contribution in [3.05, 3.63) is 42.1 Å². The fraction of sp³-hybridized carbons (Fsp3) is 0.250. The van der Waals surface area contributed by atoms with Crippen molar-refractivity contribution in [3.63, 3.8) is 0 Å². The summed E-state index contributed by atoms with van der Waals surface area (Å²) in [7, 11) is 1.95. The van der Waals surface area contributed by atoms with Gasteiger partial charge in [0.1, 0.15) is 0 Å². The van der Waals surface area contributed by atoms with Gasteiger partial charge in [-0.3, -0.25) is 4.98 Å². The molecule has 0 aliphatic heterocycles.